The lowest BCUT2D eigenvalue weighted by molar-refractivity contribution is 0.190. The third kappa shape index (κ3) is 4.54. The highest BCUT2D eigenvalue weighted by Gasteiger charge is 2.39. The van der Waals surface area contributed by atoms with Gasteiger partial charge < -0.3 is 4.74 Å². The molecule has 4 nitrogen and oxygen atoms in total. The highest BCUT2D eigenvalue weighted by molar-refractivity contribution is 5.51. The van der Waals surface area contributed by atoms with Gasteiger partial charge in [0.05, 0.1) is 6.61 Å². The SMILES string of the molecule is CCOC(=Cc1ncn(C(c2ccccc2)(c2ccccc2)c2ccccc2)n1)C(CC)CC. The number of nitrogens with zero attached hydrogens (tertiary/aromatic N) is 3. The van der Waals surface area contributed by atoms with E-state index in [0.717, 1.165) is 35.3 Å². The molecule has 0 N–H and O–H groups in total. The second-order valence-electron chi connectivity index (χ2n) is 8.35. The Balaban J connectivity index is 1.95. The van der Waals surface area contributed by atoms with Crippen LogP contribution in [0.4, 0.5) is 0 Å². The third-order valence-electron chi connectivity index (χ3n) is 6.40. The molecule has 0 fully saturated rings. The summed E-state index contributed by atoms with van der Waals surface area (Å²) in [4.78, 5) is 4.73. The fraction of sp³-hybridized carbons (Fsp3) is 0.267. The van der Waals surface area contributed by atoms with E-state index in [1.165, 1.54) is 0 Å². The number of aromatic nitrogens is 3. The molecule has 0 saturated carbocycles. The largest absolute Gasteiger partial charge is 0.498 e. The molecule has 0 saturated heterocycles. The first-order valence-electron chi connectivity index (χ1n) is 12.2. The van der Waals surface area contributed by atoms with Crippen LogP contribution in [0.2, 0.25) is 0 Å². The van der Waals surface area contributed by atoms with Crippen LogP contribution in [0.25, 0.3) is 6.08 Å². The summed E-state index contributed by atoms with van der Waals surface area (Å²) >= 11 is 0. The van der Waals surface area contributed by atoms with Crippen LogP contribution < -0.4 is 0 Å². The normalized spacial score (nSPS) is 12.2. The van der Waals surface area contributed by atoms with Crippen molar-refractivity contribution < 1.29 is 4.74 Å². The quantitative estimate of drug-likeness (QED) is 0.194. The Morgan fingerprint density at radius 1 is 0.794 bits per heavy atom. The van der Waals surface area contributed by atoms with Gasteiger partial charge in [0.1, 0.15) is 17.6 Å². The maximum Gasteiger partial charge on any atom is 0.177 e. The summed E-state index contributed by atoms with van der Waals surface area (Å²) in [6, 6.07) is 31.6. The Kier molecular flexibility index (Phi) is 7.58. The van der Waals surface area contributed by atoms with E-state index in [2.05, 4.69) is 86.6 Å². The van der Waals surface area contributed by atoms with Gasteiger partial charge in [-0.2, -0.15) is 0 Å². The maximum atomic E-state index is 6.01. The van der Waals surface area contributed by atoms with Gasteiger partial charge in [0, 0.05) is 12.0 Å². The molecule has 0 aliphatic heterocycles. The standard InChI is InChI=1S/C30H33N3O/c1-4-24(5-2)28(34-6-3)22-29-31-23-33(32-29)30(25-16-10-7-11-17-25,26-18-12-8-13-19-26)27-20-14-9-15-21-27/h7-24H,4-6H2,1-3H3. The summed E-state index contributed by atoms with van der Waals surface area (Å²) < 4.78 is 8.01. The Labute approximate surface area is 203 Å². The van der Waals surface area contributed by atoms with Crippen LogP contribution in [0.15, 0.2) is 103 Å². The molecule has 1 aromatic heterocycles. The van der Waals surface area contributed by atoms with Gasteiger partial charge in [0.25, 0.3) is 0 Å². The van der Waals surface area contributed by atoms with E-state index in [1.807, 2.05) is 42.2 Å². The van der Waals surface area contributed by atoms with Crippen LogP contribution in [0.5, 0.6) is 0 Å². The van der Waals surface area contributed by atoms with E-state index in [9.17, 15) is 0 Å². The van der Waals surface area contributed by atoms with Gasteiger partial charge in [-0.1, -0.05) is 105 Å². The zero-order chi connectivity index (χ0) is 23.8. The first-order chi connectivity index (χ1) is 16.7. The molecule has 0 bridgehead atoms. The van der Waals surface area contributed by atoms with Crippen LogP contribution >= 0.6 is 0 Å². The zero-order valence-corrected chi connectivity index (χ0v) is 20.3. The van der Waals surface area contributed by atoms with Crippen LogP contribution in [0.3, 0.4) is 0 Å². The summed E-state index contributed by atoms with van der Waals surface area (Å²) in [7, 11) is 0. The molecule has 174 valence electrons. The van der Waals surface area contributed by atoms with Crippen molar-refractivity contribution in [2.75, 3.05) is 6.61 Å². The van der Waals surface area contributed by atoms with E-state index in [0.29, 0.717) is 18.3 Å². The van der Waals surface area contributed by atoms with E-state index in [4.69, 9.17) is 14.8 Å². The Morgan fingerprint density at radius 3 is 1.68 bits per heavy atom. The highest BCUT2D eigenvalue weighted by atomic mass is 16.5. The molecule has 4 aromatic rings. The number of hydrogen-bond donors (Lipinski definition) is 0. The van der Waals surface area contributed by atoms with Gasteiger partial charge in [-0.05, 0) is 36.5 Å². The Morgan fingerprint density at radius 2 is 1.26 bits per heavy atom. The summed E-state index contributed by atoms with van der Waals surface area (Å²) in [5.41, 5.74) is 2.71. The molecule has 0 unspecified atom stereocenters. The fourth-order valence-corrected chi connectivity index (χ4v) is 4.70. The van der Waals surface area contributed by atoms with Gasteiger partial charge in [-0.3, -0.25) is 0 Å². The minimum absolute atomic E-state index is 0.356. The molecule has 1 heterocycles. The molecule has 4 heteroatoms. The predicted molar refractivity (Wildman–Crippen MR) is 138 cm³/mol. The molecule has 0 aliphatic carbocycles. The van der Waals surface area contributed by atoms with Crippen LogP contribution in [-0.4, -0.2) is 21.4 Å². The third-order valence-corrected chi connectivity index (χ3v) is 6.40. The Bertz CT molecular complexity index is 1080. The molecule has 4 rings (SSSR count). The molecule has 0 atom stereocenters. The van der Waals surface area contributed by atoms with Gasteiger partial charge in [-0.15, -0.1) is 5.10 Å². The average Bonchev–Trinajstić information content (AvgIpc) is 3.36. The first kappa shape index (κ1) is 23.5. The minimum Gasteiger partial charge on any atom is -0.498 e. The summed E-state index contributed by atoms with van der Waals surface area (Å²) in [6.45, 7) is 7.04. The topological polar surface area (TPSA) is 39.9 Å². The first-order valence-corrected chi connectivity index (χ1v) is 12.2. The monoisotopic (exact) mass is 451 g/mol. The lowest BCUT2D eigenvalue weighted by Gasteiger charge is -2.35. The number of ether oxygens (including phenoxy) is 1. The number of hydrogen-bond acceptors (Lipinski definition) is 3. The predicted octanol–water partition coefficient (Wildman–Crippen LogP) is 6.93. The fourth-order valence-electron chi connectivity index (χ4n) is 4.70. The van der Waals surface area contributed by atoms with Crippen molar-refractivity contribution in [2.24, 2.45) is 5.92 Å². The lowest BCUT2D eigenvalue weighted by atomic mass is 9.77. The average molecular weight is 452 g/mol. The van der Waals surface area contributed by atoms with Crippen LogP contribution in [-0.2, 0) is 10.3 Å². The second-order valence-corrected chi connectivity index (χ2v) is 8.35. The van der Waals surface area contributed by atoms with Crippen LogP contribution in [0, 0.1) is 5.92 Å². The van der Waals surface area contributed by atoms with Crippen molar-refractivity contribution in [1.82, 2.24) is 14.8 Å². The molecule has 0 aliphatic rings. The number of rotatable bonds is 10. The number of benzene rings is 3. The maximum absolute atomic E-state index is 6.01. The molecule has 0 radical (unpaired) electrons. The lowest BCUT2D eigenvalue weighted by Crippen LogP contribution is -2.38. The van der Waals surface area contributed by atoms with Crippen molar-refractivity contribution in [1.29, 1.82) is 0 Å². The smallest absolute Gasteiger partial charge is 0.177 e. The highest BCUT2D eigenvalue weighted by Crippen LogP contribution is 2.40. The van der Waals surface area contributed by atoms with E-state index in [-0.39, 0.29) is 0 Å². The van der Waals surface area contributed by atoms with Crippen molar-refractivity contribution >= 4 is 6.08 Å². The van der Waals surface area contributed by atoms with E-state index >= 15 is 0 Å². The summed E-state index contributed by atoms with van der Waals surface area (Å²) in [5.74, 6) is 1.96. The molecule has 34 heavy (non-hydrogen) atoms. The molecule has 0 amide bonds. The van der Waals surface area contributed by atoms with Crippen molar-refractivity contribution in [2.45, 2.75) is 39.2 Å². The minimum atomic E-state index is -0.663. The van der Waals surface area contributed by atoms with Gasteiger partial charge in [0.2, 0.25) is 0 Å². The van der Waals surface area contributed by atoms with Gasteiger partial charge in [-0.25, -0.2) is 9.67 Å². The Hall–Kier alpha value is -3.66. The van der Waals surface area contributed by atoms with Crippen molar-refractivity contribution in [3.63, 3.8) is 0 Å². The van der Waals surface area contributed by atoms with E-state index in [1.54, 1.807) is 0 Å². The van der Waals surface area contributed by atoms with Crippen molar-refractivity contribution in [3.8, 4) is 0 Å². The zero-order valence-electron chi connectivity index (χ0n) is 20.3. The van der Waals surface area contributed by atoms with E-state index < -0.39 is 5.54 Å². The molecular weight excluding hydrogens is 418 g/mol. The molecule has 0 spiro atoms. The summed E-state index contributed by atoms with van der Waals surface area (Å²) in [5, 5.41) is 5.03. The molecular formula is C30H33N3O. The van der Waals surface area contributed by atoms with Crippen molar-refractivity contribution in [3.05, 3.63) is 126 Å². The number of allylic oxidation sites excluding steroid dienone is 1. The summed E-state index contributed by atoms with van der Waals surface area (Å²) in [6.07, 6.45) is 5.88. The van der Waals surface area contributed by atoms with Crippen LogP contribution in [0.1, 0.15) is 56.1 Å². The second kappa shape index (κ2) is 11.0. The van der Waals surface area contributed by atoms with Gasteiger partial charge >= 0.3 is 0 Å². The van der Waals surface area contributed by atoms with Gasteiger partial charge in [0.15, 0.2) is 5.82 Å². The molecule has 3 aromatic carbocycles.